The fourth-order valence-electron chi connectivity index (χ4n) is 6.50. The molecule has 0 saturated heterocycles. The minimum absolute atomic E-state index is 0. The van der Waals surface area contributed by atoms with E-state index in [9.17, 15) is 0 Å². The highest BCUT2D eigenvalue weighted by molar-refractivity contribution is 9.10. The predicted molar refractivity (Wildman–Crippen MR) is 121 cm³/mol. The summed E-state index contributed by atoms with van der Waals surface area (Å²) in [5, 5.41) is 5.25. The molecule has 4 aliphatic carbocycles. The highest BCUT2D eigenvalue weighted by atomic mass is 79.9. The topological polar surface area (TPSA) is 21.7 Å². The average Bonchev–Trinajstić information content (AvgIpc) is 3.14. The summed E-state index contributed by atoms with van der Waals surface area (Å²) < 4.78 is 6.82. The third-order valence-corrected chi connectivity index (χ3v) is 8.41. The van der Waals surface area contributed by atoms with Crippen LogP contribution in [0, 0.1) is 17.8 Å². The quantitative estimate of drug-likeness (QED) is 0.427. The van der Waals surface area contributed by atoms with Crippen molar-refractivity contribution in [2.24, 2.45) is 17.8 Å². The van der Waals surface area contributed by atoms with E-state index in [1.54, 1.807) is 0 Å². The summed E-state index contributed by atoms with van der Waals surface area (Å²) in [5.41, 5.74) is 2.53. The Bertz CT molecular complexity index is 958. The van der Waals surface area contributed by atoms with E-state index in [1.807, 2.05) is 0 Å². The second-order valence-electron chi connectivity index (χ2n) is 9.38. The van der Waals surface area contributed by atoms with Gasteiger partial charge in [0.1, 0.15) is 11.2 Å². The molecule has 1 heterocycles. The first-order valence-electron chi connectivity index (χ1n) is 10.6. The monoisotopic (exact) mass is 591 g/mol. The molecule has 30 heavy (non-hydrogen) atoms. The SMILES string of the molecule is Brc1ccc(-c2nn(C34CC5CC(CC(C5)C3)C4)c[n+]2-c2ccc(Br)cc2)cc1.[Br-]. The summed E-state index contributed by atoms with van der Waals surface area (Å²) in [7, 11) is 0. The van der Waals surface area contributed by atoms with Gasteiger partial charge in [0.05, 0.1) is 5.56 Å². The van der Waals surface area contributed by atoms with Crippen LogP contribution < -0.4 is 21.5 Å². The van der Waals surface area contributed by atoms with E-state index in [0.29, 0.717) is 0 Å². The molecule has 0 spiro atoms. The maximum Gasteiger partial charge on any atom is 0.313 e. The minimum Gasteiger partial charge on any atom is -1.00 e. The molecule has 2 aromatic carbocycles. The van der Waals surface area contributed by atoms with Crippen molar-refractivity contribution in [1.29, 1.82) is 0 Å². The van der Waals surface area contributed by atoms with Crippen LogP contribution in [0.2, 0.25) is 0 Å². The molecule has 4 aliphatic rings. The fourth-order valence-corrected chi connectivity index (χ4v) is 7.03. The van der Waals surface area contributed by atoms with Crippen LogP contribution >= 0.6 is 31.9 Å². The molecule has 0 radical (unpaired) electrons. The molecule has 0 unspecified atom stereocenters. The molecule has 156 valence electrons. The molecule has 0 atom stereocenters. The van der Waals surface area contributed by atoms with Gasteiger partial charge < -0.3 is 17.0 Å². The van der Waals surface area contributed by atoms with Crippen LogP contribution in [0.15, 0.2) is 63.8 Å². The van der Waals surface area contributed by atoms with E-state index in [-0.39, 0.29) is 22.5 Å². The third-order valence-electron chi connectivity index (χ3n) is 7.35. The summed E-state index contributed by atoms with van der Waals surface area (Å²) in [6.07, 6.45) is 10.5. The number of benzene rings is 2. The molecule has 4 bridgehead atoms. The lowest BCUT2D eigenvalue weighted by atomic mass is 9.53. The van der Waals surface area contributed by atoms with Crippen LogP contribution in [-0.2, 0) is 5.54 Å². The number of halogens is 3. The molecule has 1 aromatic heterocycles. The van der Waals surface area contributed by atoms with Crippen molar-refractivity contribution >= 4 is 31.9 Å². The van der Waals surface area contributed by atoms with Crippen molar-refractivity contribution in [2.75, 3.05) is 0 Å². The number of hydrogen-bond donors (Lipinski definition) is 0. The lowest BCUT2D eigenvalue weighted by Crippen LogP contribution is -3.00. The van der Waals surface area contributed by atoms with Gasteiger partial charge in [-0.15, -0.1) is 4.68 Å². The van der Waals surface area contributed by atoms with Crippen molar-refractivity contribution in [3.63, 3.8) is 0 Å². The zero-order valence-corrected chi connectivity index (χ0v) is 21.4. The van der Waals surface area contributed by atoms with E-state index in [4.69, 9.17) is 5.10 Å². The largest absolute Gasteiger partial charge is 1.00 e. The predicted octanol–water partition coefficient (Wildman–Crippen LogP) is 3.28. The first-order chi connectivity index (χ1) is 14.1. The van der Waals surface area contributed by atoms with E-state index in [2.05, 4.69) is 96.0 Å². The van der Waals surface area contributed by atoms with Gasteiger partial charge in [0.2, 0.25) is 6.33 Å². The van der Waals surface area contributed by atoms with E-state index >= 15 is 0 Å². The smallest absolute Gasteiger partial charge is 0.313 e. The summed E-state index contributed by atoms with van der Waals surface area (Å²) in [6, 6.07) is 17.1. The Morgan fingerprint density at radius 3 is 1.83 bits per heavy atom. The first-order valence-corrected chi connectivity index (χ1v) is 12.2. The molecule has 4 fully saturated rings. The van der Waals surface area contributed by atoms with E-state index in [1.165, 1.54) is 38.5 Å². The van der Waals surface area contributed by atoms with Crippen LogP contribution in [-0.4, -0.2) is 9.78 Å². The van der Waals surface area contributed by atoms with Gasteiger partial charge in [-0.1, -0.05) is 31.9 Å². The molecular formula is C24H24Br3N3. The fraction of sp³-hybridized carbons (Fsp3) is 0.417. The maximum absolute atomic E-state index is 5.25. The number of nitrogens with zero attached hydrogens (tertiary/aromatic N) is 3. The minimum atomic E-state index is 0. The molecular weight excluding hydrogens is 570 g/mol. The maximum atomic E-state index is 5.25. The number of rotatable bonds is 3. The summed E-state index contributed by atoms with van der Waals surface area (Å²) in [5.74, 6) is 3.74. The second kappa shape index (κ2) is 7.86. The Morgan fingerprint density at radius 1 is 0.800 bits per heavy atom. The van der Waals surface area contributed by atoms with E-state index < -0.39 is 0 Å². The molecule has 6 heteroatoms. The normalized spacial score (nSPS) is 29.1. The van der Waals surface area contributed by atoms with Crippen molar-refractivity contribution in [1.82, 2.24) is 9.78 Å². The van der Waals surface area contributed by atoms with Crippen LogP contribution in [0.25, 0.3) is 17.1 Å². The van der Waals surface area contributed by atoms with Crippen LogP contribution in [0.1, 0.15) is 38.5 Å². The zero-order chi connectivity index (χ0) is 19.6. The van der Waals surface area contributed by atoms with Crippen molar-refractivity contribution < 1.29 is 21.5 Å². The van der Waals surface area contributed by atoms with Crippen LogP contribution in [0.5, 0.6) is 0 Å². The van der Waals surface area contributed by atoms with Crippen molar-refractivity contribution in [3.8, 4) is 17.1 Å². The highest BCUT2D eigenvalue weighted by Gasteiger charge is 2.55. The Kier molecular flexibility index (Phi) is 5.47. The van der Waals surface area contributed by atoms with Crippen molar-refractivity contribution in [3.05, 3.63) is 63.8 Å². The Hall–Kier alpha value is -0.980. The zero-order valence-electron chi connectivity index (χ0n) is 16.6. The molecule has 4 saturated carbocycles. The lowest BCUT2D eigenvalue weighted by molar-refractivity contribution is -0.585. The number of aromatic nitrogens is 3. The molecule has 7 rings (SSSR count). The molecule has 3 nitrogen and oxygen atoms in total. The third kappa shape index (κ3) is 3.53. The second-order valence-corrected chi connectivity index (χ2v) is 11.2. The van der Waals surface area contributed by atoms with Gasteiger partial charge in [0.25, 0.3) is 0 Å². The van der Waals surface area contributed by atoms with Gasteiger partial charge in [0, 0.05) is 14.0 Å². The van der Waals surface area contributed by atoms with Gasteiger partial charge in [-0.2, -0.15) is 4.57 Å². The summed E-state index contributed by atoms with van der Waals surface area (Å²) in [4.78, 5) is 0. The molecule has 3 aromatic rings. The molecule has 0 N–H and O–H groups in total. The summed E-state index contributed by atoms with van der Waals surface area (Å²) in [6.45, 7) is 0. The molecule has 0 amide bonds. The lowest BCUT2D eigenvalue weighted by Gasteiger charge is -2.54. The van der Waals surface area contributed by atoms with Crippen LogP contribution in [0.4, 0.5) is 0 Å². The van der Waals surface area contributed by atoms with Crippen molar-refractivity contribution in [2.45, 2.75) is 44.1 Å². The van der Waals surface area contributed by atoms with E-state index in [0.717, 1.165) is 43.8 Å². The van der Waals surface area contributed by atoms with Gasteiger partial charge in [-0.05, 0) is 105 Å². The Balaban J connectivity index is 0.00000193. The first kappa shape index (κ1) is 20.9. The van der Waals surface area contributed by atoms with Gasteiger partial charge >= 0.3 is 5.82 Å². The number of hydrogen-bond acceptors (Lipinski definition) is 1. The Labute approximate surface area is 204 Å². The Morgan fingerprint density at radius 2 is 1.30 bits per heavy atom. The average molecular weight is 594 g/mol. The summed E-state index contributed by atoms with van der Waals surface area (Å²) >= 11 is 7.13. The van der Waals surface area contributed by atoms with Gasteiger partial charge in [-0.25, -0.2) is 0 Å². The van der Waals surface area contributed by atoms with Crippen LogP contribution in [0.3, 0.4) is 0 Å². The van der Waals surface area contributed by atoms with Gasteiger partial charge in [-0.3, -0.25) is 0 Å². The highest BCUT2D eigenvalue weighted by Crippen LogP contribution is 2.58. The standard InChI is InChI=1S/C24H24Br2N3.BrH/c25-20-3-1-19(2-4-20)23-27-29(15-28(23)22-7-5-21(26)6-8-22)24-12-16-9-17(13-24)11-18(10-16)14-24;/h1-8,15-18H,9-14H2;1H/q+1;/p-1. The molecule has 0 aliphatic heterocycles. The van der Waals surface area contributed by atoms with Gasteiger partial charge in [0.15, 0.2) is 0 Å².